The number of amides is 1. The molecule has 0 radical (unpaired) electrons. The maximum atomic E-state index is 11.6. The van der Waals surface area contributed by atoms with Gasteiger partial charge in [-0.15, -0.1) is 0 Å². The maximum absolute atomic E-state index is 11.6. The van der Waals surface area contributed by atoms with Gasteiger partial charge in [-0.3, -0.25) is 4.79 Å². The van der Waals surface area contributed by atoms with Gasteiger partial charge < -0.3 is 14.6 Å². The zero-order valence-corrected chi connectivity index (χ0v) is 11.0. The fraction of sp³-hybridized carbons (Fsp3) is 0.286. The van der Waals surface area contributed by atoms with E-state index in [4.69, 9.17) is 4.74 Å². The molecular weight excluding hydrogens is 244 g/mol. The smallest absolute Gasteiger partial charge is 0.410 e. The molecule has 1 N–H and O–H groups in total. The maximum Gasteiger partial charge on any atom is 0.412 e. The standard InChI is InChI=1S/C14H16N2O3/c1-3-7-15-14(18)19-12-6-4-5-11-13(12)10(9-17)8-16(11)2/h4-6,8-9H,3,7H2,1-2H3,(H,15,18). The monoisotopic (exact) mass is 260 g/mol. The summed E-state index contributed by atoms with van der Waals surface area (Å²) >= 11 is 0. The molecule has 0 bridgehead atoms. The molecule has 0 aliphatic carbocycles. The van der Waals surface area contributed by atoms with Crippen LogP contribution in [0.2, 0.25) is 0 Å². The molecule has 1 aromatic heterocycles. The van der Waals surface area contributed by atoms with Gasteiger partial charge in [0.1, 0.15) is 5.75 Å². The average molecular weight is 260 g/mol. The zero-order valence-electron chi connectivity index (χ0n) is 11.0. The summed E-state index contributed by atoms with van der Waals surface area (Å²) in [5, 5.41) is 3.29. The van der Waals surface area contributed by atoms with Crippen molar-refractivity contribution >= 4 is 23.3 Å². The highest BCUT2D eigenvalue weighted by Gasteiger charge is 2.13. The molecule has 19 heavy (non-hydrogen) atoms. The molecule has 0 aliphatic heterocycles. The number of aldehydes is 1. The lowest BCUT2D eigenvalue weighted by molar-refractivity contribution is 0.112. The van der Waals surface area contributed by atoms with E-state index < -0.39 is 6.09 Å². The SMILES string of the molecule is CCCNC(=O)Oc1cccc2c1c(C=O)cn2C. The summed E-state index contributed by atoms with van der Waals surface area (Å²) < 4.78 is 7.09. The van der Waals surface area contributed by atoms with E-state index in [2.05, 4.69) is 5.32 Å². The van der Waals surface area contributed by atoms with Crippen molar-refractivity contribution in [3.63, 3.8) is 0 Å². The van der Waals surface area contributed by atoms with E-state index in [0.29, 0.717) is 23.2 Å². The van der Waals surface area contributed by atoms with E-state index in [0.717, 1.165) is 18.2 Å². The molecule has 1 heterocycles. The van der Waals surface area contributed by atoms with Crippen LogP contribution in [0.1, 0.15) is 23.7 Å². The number of carbonyl (C=O) groups is 2. The average Bonchev–Trinajstić information content (AvgIpc) is 2.74. The second-order valence-corrected chi connectivity index (χ2v) is 4.28. The van der Waals surface area contributed by atoms with Gasteiger partial charge in [0.25, 0.3) is 0 Å². The minimum atomic E-state index is -0.505. The first kappa shape index (κ1) is 13.1. The molecular formula is C14H16N2O3. The van der Waals surface area contributed by atoms with Crippen molar-refractivity contribution in [1.29, 1.82) is 0 Å². The van der Waals surface area contributed by atoms with E-state index >= 15 is 0 Å². The van der Waals surface area contributed by atoms with Crippen LogP contribution in [0.3, 0.4) is 0 Å². The van der Waals surface area contributed by atoms with Gasteiger partial charge in [0.2, 0.25) is 0 Å². The molecule has 2 rings (SSSR count). The van der Waals surface area contributed by atoms with Gasteiger partial charge in [0.15, 0.2) is 6.29 Å². The molecule has 1 aromatic carbocycles. The Morgan fingerprint density at radius 3 is 2.95 bits per heavy atom. The molecule has 0 saturated carbocycles. The number of nitrogens with one attached hydrogen (secondary N) is 1. The first-order valence-electron chi connectivity index (χ1n) is 6.16. The highest BCUT2D eigenvalue weighted by Crippen LogP contribution is 2.29. The van der Waals surface area contributed by atoms with Crippen LogP contribution in [-0.4, -0.2) is 23.5 Å². The Balaban J connectivity index is 2.37. The fourth-order valence-corrected chi connectivity index (χ4v) is 1.98. The number of fused-ring (bicyclic) bond motifs is 1. The van der Waals surface area contributed by atoms with Crippen LogP contribution in [0.15, 0.2) is 24.4 Å². The third kappa shape index (κ3) is 2.59. The number of rotatable bonds is 4. The Hall–Kier alpha value is -2.30. The molecule has 0 unspecified atom stereocenters. The van der Waals surface area contributed by atoms with E-state index in [-0.39, 0.29) is 0 Å². The van der Waals surface area contributed by atoms with E-state index in [9.17, 15) is 9.59 Å². The number of hydrogen-bond acceptors (Lipinski definition) is 3. The Morgan fingerprint density at radius 2 is 2.26 bits per heavy atom. The summed E-state index contributed by atoms with van der Waals surface area (Å²) in [6.07, 6.45) is 2.81. The molecule has 0 aliphatic rings. The van der Waals surface area contributed by atoms with Gasteiger partial charge in [0, 0.05) is 25.4 Å². The number of aryl methyl sites for hydroxylation is 1. The number of benzene rings is 1. The lowest BCUT2D eigenvalue weighted by atomic mass is 10.2. The minimum absolute atomic E-state index is 0.397. The van der Waals surface area contributed by atoms with E-state index in [1.165, 1.54) is 0 Å². The molecule has 2 aromatic rings. The second kappa shape index (κ2) is 5.56. The topological polar surface area (TPSA) is 60.3 Å². The summed E-state index contributed by atoms with van der Waals surface area (Å²) in [6.45, 7) is 2.52. The van der Waals surface area contributed by atoms with Gasteiger partial charge in [-0.1, -0.05) is 13.0 Å². The Bertz CT molecular complexity index is 616. The van der Waals surface area contributed by atoms with Crippen molar-refractivity contribution < 1.29 is 14.3 Å². The molecule has 0 atom stereocenters. The second-order valence-electron chi connectivity index (χ2n) is 4.28. The van der Waals surface area contributed by atoms with E-state index in [1.54, 1.807) is 18.3 Å². The van der Waals surface area contributed by atoms with Crippen molar-refractivity contribution in [2.45, 2.75) is 13.3 Å². The van der Waals surface area contributed by atoms with Gasteiger partial charge in [-0.05, 0) is 18.6 Å². The van der Waals surface area contributed by atoms with Crippen LogP contribution in [0.4, 0.5) is 4.79 Å². The van der Waals surface area contributed by atoms with E-state index in [1.807, 2.05) is 24.6 Å². The number of hydrogen-bond donors (Lipinski definition) is 1. The lowest BCUT2D eigenvalue weighted by Crippen LogP contribution is -2.27. The molecule has 1 amide bonds. The van der Waals surface area contributed by atoms with Gasteiger partial charge in [-0.25, -0.2) is 4.79 Å². The third-order valence-electron chi connectivity index (χ3n) is 2.85. The van der Waals surface area contributed by atoms with Crippen LogP contribution in [0, 0.1) is 0 Å². The van der Waals surface area contributed by atoms with Crippen molar-refractivity contribution in [3.05, 3.63) is 30.0 Å². The highest BCUT2D eigenvalue weighted by molar-refractivity contribution is 6.02. The molecule has 5 heteroatoms. The quantitative estimate of drug-likeness (QED) is 0.859. The summed E-state index contributed by atoms with van der Waals surface area (Å²) in [6, 6.07) is 5.35. The van der Waals surface area contributed by atoms with Crippen LogP contribution in [-0.2, 0) is 7.05 Å². The predicted octanol–water partition coefficient (Wildman–Crippen LogP) is 2.49. The Kier molecular flexibility index (Phi) is 3.85. The van der Waals surface area contributed by atoms with Crippen LogP contribution >= 0.6 is 0 Å². The van der Waals surface area contributed by atoms with Gasteiger partial charge in [-0.2, -0.15) is 0 Å². The Morgan fingerprint density at radius 1 is 1.47 bits per heavy atom. The Labute approximate surface area is 111 Å². The molecule has 5 nitrogen and oxygen atoms in total. The number of nitrogens with zero attached hydrogens (tertiary/aromatic N) is 1. The van der Waals surface area contributed by atoms with Crippen molar-refractivity contribution in [2.24, 2.45) is 7.05 Å². The summed E-state index contributed by atoms with van der Waals surface area (Å²) in [5.41, 5.74) is 1.36. The normalized spacial score (nSPS) is 10.4. The lowest BCUT2D eigenvalue weighted by Gasteiger charge is -2.07. The molecule has 100 valence electrons. The largest absolute Gasteiger partial charge is 0.412 e. The third-order valence-corrected chi connectivity index (χ3v) is 2.85. The summed E-state index contributed by atoms with van der Waals surface area (Å²) in [4.78, 5) is 22.7. The first-order valence-corrected chi connectivity index (χ1v) is 6.16. The van der Waals surface area contributed by atoms with Crippen LogP contribution in [0.25, 0.3) is 10.9 Å². The summed E-state index contributed by atoms with van der Waals surface area (Å²) in [5.74, 6) is 0.397. The first-order chi connectivity index (χ1) is 9.17. The molecule has 0 fully saturated rings. The van der Waals surface area contributed by atoms with Crippen molar-refractivity contribution in [2.75, 3.05) is 6.54 Å². The number of carbonyl (C=O) groups excluding carboxylic acids is 2. The highest BCUT2D eigenvalue weighted by atomic mass is 16.6. The van der Waals surface area contributed by atoms with Gasteiger partial charge in [0.05, 0.1) is 10.9 Å². The fourth-order valence-electron chi connectivity index (χ4n) is 1.98. The predicted molar refractivity (Wildman–Crippen MR) is 72.6 cm³/mol. The van der Waals surface area contributed by atoms with Crippen LogP contribution in [0.5, 0.6) is 5.75 Å². The zero-order chi connectivity index (χ0) is 13.8. The minimum Gasteiger partial charge on any atom is -0.410 e. The molecule has 0 spiro atoms. The van der Waals surface area contributed by atoms with Crippen LogP contribution < -0.4 is 10.1 Å². The van der Waals surface area contributed by atoms with Crippen molar-refractivity contribution in [1.82, 2.24) is 9.88 Å². The van der Waals surface area contributed by atoms with Gasteiger partial charge >= 0.3 is 6.09 Å². The number of aromatic nitrogens is 1. The summed E-state index contributed by atoms with van der Waals surface area (Å²) in [7, 11) is 1.84. The number of ether oxygens (including phenoxy) is 1. The molecule has 0 saturated heterocycles. The van der Waals surface area contributed by atoms with Crippen molar-refractivity contribution in [3.8, 4) is 5.75 Å².